The Kier molecular flexibility index (Phi) is 5.86. The molecule has 0 unspecified atom stereocenters. The van der Waals surface area contributed by atoms with Gasteiger partial charge in [0.1, 0.15) is 10.7 Å². The van der Waals surface area contributed by atoms with Crippen molar-refractivity contribution >= 4 is 21.7 Å². The van der Waals surface area contributed by atoms with Gasteiger partial charge >= 0.3 is 0 Å². The van der Waals surface area contributed by atoms with Crippen molar-refractivity contribution in [2.75, 3.05) is 12.4 Å². The molecule has 2 N–H and O–H groups in total. The number of carbonyl (C=O) groups excluding carboxylic acids is 1. The molecule has 1 amide bonds. The molecular weight excluding hydrogens is 368 g/mol. The molecule has 2 heterocycles. The van der Waals surface area contributed by atoms with E-state index in [2.05, 4.69) is 20.0 Å². The van der Waals surface area contributed by atoms with Crippen LogP contribution in [0.4, 0.5) is 5.82 Å². The Morgan fingerprint density at radius 3 is 2.44 bits per heavy atom. The summed E-state index contributed by atoms with van der Waals surface area (Å²) in [4.78, 5) is 19.5. The molecule has 0 saturated carbocycles. The maximum atomic E-state index is 12.9. The van der Waals surface area contributed by atoms with Crippen LogP contribution < -0.4 is 14.8 Å². The zero-order valence-corrected chi connectivity index (χ0v) is 17.1. The van der Waals surface area contributed by atoms with E-state index in [0.29, 0.717) is 22.5 Å². The molecule has 8 nitrogen and oxygen atoms in total. The molecule has 0 aliphatic carbocycles. The van der Waals surface area contributed by atoms with Gasteiger partial charge in [0.05, 0.1) is 7.11 Å². The fourth-order valence-electron chi connectivity index (χ4n) is 2.62. The Balaban J connectivity index is 2.64. The summed E-state index contributed by atoms with van der Waals surface area (Å²) in [6, 6.07) is 3.38. The van der Waals surface area contributed by atoms with Gasteiger partial charge in [0.2, 0.25) is 21.8 Å². The van der Waals surface area contributed by atoms with Gasteiger partial charge in [0, 0.05) is 30.4 Å². The number of methoxy groups -OCH3 is 1. The molecule has 27 heavy (non-hydrogen) atoms. The minimum atomic E-state index is -3.87. The van der Waals surface area contributed by atoms with Gasteiger partial charge in [-0.2, -0.15) is 0 Å². The molecule has 0 aliphatic heterocycles. The third kappa shape index (κ3) is 5.01. The van der Waals surface area contributed by atoms with Gasteiger partial charge in [-0.25, -0.2) is 23.1 Å². The van der Waals surface area contributed by atoms with Crippen LogP contribution in [0.2, 0.25) is 0 Å². The largest absolute Gasteiger partial charge is 0.480 e. The molecule has 2 rings (SSSR count). The summed E-state index contributed by atoms with van der Waals surface area (Å²) in [6.45, 7) is 8.34. The first-order chi connectivity index (χ1) is 12.4. The van der Waals surface area contributed by atoms with E-state index in [4.69, 9.17) is 4.74 Å². The monoisotopic (exact) mass is 392 g/mol. The molecule has 146 valence electrons. The predicted octanol–water partition coefficient (Wildman–Crippen LogP) is 2.50. The topological polar surface area (TPSA) is 110 Å². The van der Waals surface area contributed by atoms with E-state index < -0.39 is 15.6 Å². The average Bonchev–Trinajstić information content (AvgIpc) is 2.51. The molecule has 0 atom stereocenters. The van der Waals surface area contributed by atoms with Crippen LogP contribution in [-0.2, 0) is 14.8 Å². The molecule has 9 heteroatoms. The fraction of sp³-hybridized carbons (Fsp3) is 0.389. The van der Waals surface area contributed by atoms with E-state index in [1.807, 2.05) is 0 Å². The zero-order chi connectivity index (χ0) is 20.4. The quantitative estimate of drug-likeness (QED) is 0.809. The Labute approximate surface area is 159 Å². The van der Waals surface area contributed by atoms with Crippen LogP contribution in [0.3, 0.4) is 0 Å². The molecule has 0 saturated heterocycles. The number of anilines is 1. The third-order valence-corrected chi connectivity index (χ3v) is 5.43. The van der Waals surface area contributed by atoms with Crippen molar-refractivity contribution in [3.8, 4) is 17.0 Å². The maximum absolute atomic E-state index is 12.9. The first-order valence-corrected chi connectivity index (χ1v) is 9.74. The van der Waals surface area contributed by atoms with Crippen LogP contribution in [0.5, 0.6) is 5.88 Å². The van der Waals surface area contributed by atoms with E-state index in [1.165, 1.54) is 26.4 Å². The predicted molar refractivity (Wildman–Crippen MR) is 103 cm³/mol. The van der Waals surface area contributed by atoms with Crippen LogP contribution in [0.15, 0.2) is 29.4 Å². The lowest BCUT2D eigenvalue weighted by Crippen LogP contribution is -2.41. The highest BCUT2D eigenvalue weighted by molar-refractivity contribution is 7.89. The average molecular weight is 392 g/mol. The highest BCUT2D eigenvalue weighted by Crippen LogP contribution is 2.33. The molecule has 2 aromatic rings. The highest BCUT2D eigenvalue weighted by Gasteiger charge is 2.29. The summed E-state index contributed by atoms with van der Waals surface area (Å²) in [5.41, 5.74) is 1.09. The number of amides is 1. The van der Waals surface area contributed by atoms with Crippen LogP contribution in [0.25, 0.3) is 11.1 Å². The van der Waals surface area contributed by atoms with Crippen molar-refractivity contribution in [3.05, 3.63) is 30.1 Å². The lowest BCUT2D eigenvalue weighted by molar-refractivity contribution is -0.114. The van der Waals surface area contributed by atoms with E-state index >= 15 is 0 Å². The maximum Gasteiger partial charge on any atom is 0.246 e. The lowest BCUT2D eigenvalue weighted by Gasteiger charge is -2.22. The summed E-state index contributed by atoms with van der Waals surface area (Å²) < 4.78 is 33.7. The van der Waals surface area contributed by atoms with E-state index in [9.17, 15) is 13.2 Å². The zero-order valence-electron chi connectivity index (χ0n) is 16.2. The van der Waals surface area contributed by atoms with Gasteiger partial charge in [-0.1, -0.05) is 0 Å². The van der Waals surface area contributed by atoms with Gasteiger partial charge in [-0.05, 0) is 51.0 Å². The van der Waals surface area contributed by atoms with Crippen LogP contribution in [0, 0.1) is 6.92 Å². The van der Waals surface area contributed by atoms with E-state index in [0.717, 1.165) is 0 Å². The van der Waals surface area contributed by atoms with Gasteiger partial charge in [0.15, 0.2) is 0 Å². The molecular formula is C18H24N4O4S. The number of carbonyl (C=O) groups is 1. The second-order valence-corrected chi connectivity index (χ2v) is 8.72. The first-order valence-electron chi connectivity index (χ1n) is 8.26. The third-order valence-electron chi connectivity index (χ3n) is 3.53. The second-order valence-electron chi connectivity index (χ2n) is 7.10. The number of hydrogen-bond acceptors (Lipinski definition) is 6. The number of nitrogens with zero attached hydrogens (tertiary/aromatic N) is 2. The minimum absolute atomic E-state index is 0.0177. The Hall–Kier alpha value is -2.52. The van der Waals surface area contributed by atoms with Crippen molar-refractivity contribution in [2.45, 2.75) is 45.1 Å². The fourth-order valence-corrected chi connectivity index (χ4v) is 4.40. The Morgan fingerprint density at radius 1 is 1.22 bits per heavy atom. The summed E-state index contributed by atoms with van der Waals surface area (Å²) in [5, 5.41) is 2.61. The van der Waals surface area contributed by atoms with Crippen molar-refractivity contribution in [1.29, 1.82) is 0 Å². The van der Waals surface area contributed by atoms with E-state index in [1.54, 1.807) is 39.8 Å². The summed E-state index contributed by atoms with van der Waals surface area (Å²) in [7, 11) is -2.50. The lowest BCUT2D eigenvalue weighted by atomic mass is 10.0. The number of sulfonamides is 1. The highest BCUT2D eigenvalue weighted by atomic mass is 32.2. The Morgan fingerprint density at radius 2 is 1.89 bits per heavy atom. The van der Waals surface area contributed by atoms with Crippen LogP contribution in [-0.4, -0.2) is 36.9 Å². The van der Waals surface area contributed by atoms with Crippen molar-refractivity contribution in [3.63, 3.8) is 0 Å². The molecule has 0 aliphatic rings. The van der Waals surface area contributed by atoms with Gasteiger partial charge in [-0.3, -0.25) is 4.79 Å². The first kappa shape index (κ1) is 20.8. The summed E-state index contributed by atoms with van der Waals surface area (Å²) in [5.74, 6) is 0.137. The van der Waals surface area contributed by atoms with Crippen molar-refractivity contribution in [2.24, 2.45) is 0 Å². The molecule has 0 radical (unpaired) electrons. The molecule has 0 aromatic carbocycles. The number of nitrogens with one attached hydrogen (secondary N) is 2. The molecule has 0 bridgehead atoms. The summed E-state index contributed by atoms with van der Waals surface area (Å²) >= 11 is 0. The van der Waals surface area contributed by atoms with Crippen molar-refractivity contribution < 1.29 is 17.9 Å². The molecule has 0 spiro atoms. The number of pyridine rings is 2. The van der Waals surface area contributed by atoms with E-state index in [-0.39, 0.29) is 16.7 Å². The Bertz CT molecular complexity index is 966. The number of rotatable bonds is 5. The summed E-state index contributed by atoms with van der Waals surface area (Å²) in [6.07, 6.45) is 3.07. The smallest absolute Gasteiger partial charge is 0.246 e. The van der Waals surface area contributed by atoms with Gasteiger partial charge in [-0.15, -0.1) is 0 Å². The van der Waals surface area contributed by atoms with Crippen molar-refractivity contribution in [1.82, 2.24) is 14.7 Å². The van der Waals surface area contributed by atoms with Crippen LogP contribution in [0.1, 0.15) is 33.3 Å². The number of ether oxygens (including phenoxy) is 1. The van der Waals surface area contributed by atoms with Gasteiger partial charge in [0.25, 0.3) is 0 Å². The molecule has 0 fully saturated rings. The second kappa shape index (κ2) is 7.61. The molecule has 2 aromatic heterocycles. The minimum Gasteiger partial charge on any atom is -0.480 e. The SMILES string of the molecule is COc1ncc(-c2ccnc(NC(C)=O)c2)c(C)c1S(=O)(=O)NC(C)(C)C. The normalized spacial score (nSPS) is 11.9. The van der Waals surface area contributed by atoms with Gasteiger partial charge < -0.3 is 10.1 Å². The van der Waals surface area contributed by atoms with Crippen LogP contribution >= 0.6 is 0 Å². The number of aromatic nitrogens is 2. The number of hydrogen-bond donors (Lipinski definition) is 2. The standard InChI is InChI=1S/C18H24N4O4S/c1-11-14(13-7-8-19-15(9-13)21-12(2)23)10-20-17(26-6)16(11)27(24,25)22-18(3,4)5/h7-10,22H,1-6H3,(H,19,21,23).